The van der Waals surface area contributed by atoms with E-state index in [0.717, 1.165) is 38.4 Å². The standard InChI is InChI=1S/C15H26N2.C2H6/c1-13(2)12-17-11-9-15-6-4-14(5-7-15)8-10-16-3;1-2/h4-7,13,16-17H,8-12H2,1-3H3;1-2H3. The minimum atomic E-state index is 0.735. The van der Waals surface area contributed by atoms with Crippen molar-refractivity contribution in [3.8, 4) is 0 Å². The van der Waals surface area contributed by atoms with Gasteiger partial charge in [0.2, 0.25) is 0 Å². The molecule has 1 aromatic carbocycles. The van der Waals surface area contributed by atoms with Crippen LogP contribution >= 0.6 is 0 Å². The Balaban J connectivity index is 0.00000154. The van der Waals surface area contributed by atoms with Gasteiger partial charge in [-0.25, -0.2) is 0 Å². The van der Waals surface area contributed by atoms with Crippen molar-refractivity contribution in [2.24, 2.45) is 5.92 Å². The number of rotatable bonds is 8. The smallest absolute Gasteiger partial charge is 0.000824 e. The van der Waals surface area contributed by atoms with E-state index in [2.05, 4.69) is 48.7 Å². The Kier molecular flexibility index (Phi) is 11.6. The van der Waals surface area contributed by atoms with E-state index in [9.17, 15) is 0 Å². The topological polar surface area (TPSA) is 24.1 Å². The molecule has 0 radical (unpaired) electrons. The van der Waals surface area contributed by atoms with Gasteiger partial charge >= 0.3 is 0 Å². The molecule has 0 fully saturated rings. The summed E-state index contributed by atoms with van der Waals surface area (Å²) in [6.45, 7) is 11.7. The summed E-state index contributed by atoms with van der Waals surface area (Å²) in [7, 11) is 1.99. The quantitative estimate of drug-likeness (QED) is 0.704. The third kappa shape index (κ3) is 9.69. The van der Waals surface area contributed by atoms with Crippen LogP contribution in [0, 0.1) is 5.92 Å². The predicted molar refractivity (Wildman–Crippen MR) is 86.8 cm³/mol. The number of nitrogens with one attached hydrogen (secondary N) is 2. The summed E-state index contributed by atoms with van der Waals surface area (Å²) in [6.07, 6.45) is 2.24. The van der Waals surface area contributed by atoms with E-state index in [0.29, 0.717) is 0 Å². The second-order valence-electron chi connectivity index (χ2n) is 5.02. The van der Waals surface area contributed by atoms with Crippen LogP contribution in [-0.2, 0) is 12.8 Å². The molecule has 2 heteroatoms. The van der Waals surface area contributed by atoms with Crippen molar-refractivity contribution in [1.82, 2.24) is 10.6 Å². The van der Waals surface area contributed by atoms with E-state index >= 15 is 0 Å². The Morgan fingerprint density at radius 2 is 1.37 bits per heavy atom. The molecule has 0 aliphatic carbocycles. The van der Waals surface area contributed by atoms with Crippen LogP contribution in [0.15, 0.2) is 24.3 Å². The summed E-state index contributed by atoms with van der Waals surface area (Å²) < 4.78 is 0. The van der Waals surface area contributed by atoms with Gasteiger partial charge in [-0.15, -0.1) is 0 Å². The zero-order chi connectivity index (χ0) is 14.5. The van der Waals surface area contributed by atoms with Gasteiger partial charge in [0.15, 0.2) is 0 Å². The van der Waals surface area contributed by atoms with Crippen molar-refractivity contribution < 1.29 is 0 Å². The van der Waals surface area contributed by atoms with Gasteiger partial charge in [0.25, 0.3) is 0 Å². The second kappa shape index (κ2) is 12.2. The van der Waals surface area contributed by atoms with Crippen LogP contribution in [0.2, 0.25) is 0 Å². The number of hydrogen-bond acceptors (Lipinski definition) is 2. The maximum absolute atomic E-state index is 3.47. The highest BCUT2D eigenvalue weighted by Crippen LogP contribution is 2.05. The maximum atomic E-state index is 3.47. The van der Waals surface area contributed by atoms with Crippen molar-refractivity contribution >= 4 is 0 Å². The molecule has 1 rings (SSSR count). The molecule has 110 valence electrons. The Hall–Kier alpha value is -0.860. The van der Waals surface area contributed by atoms with Gasteiger partial charge < -0.3 is 10.6 Å². The van der Waals surface area contributed by atoms with Gasteiger partial charge in [-0.1, -0.05) is 52.0 Å². The van der Waals surface area contributed by atoms with E-state index in [1.165, 1.54) is 11.1 Å². The zero-order valence-electron chi connectivity index (χ0n) is 13.4. The highest BCUT2D eigenvalue weighted by atomic mass is 14.8. The molecule has 0 saturated heterocycles. The number of benzene rings is 1. The van der Waals surface area contributed by atoms with Crippen LogP contribution in [0.5, 0.6) is 0 Å². The minimum absolute atomic E-state index is 0.735. The highest BCUT2D eigenvalue weighted by Gasteiger charge is 1.96. The van der Waals surface area contributed by atoms with Crippen LogP contribution < -0.4 is 10.6 Å². The van der Waals surface area contributed by atoms with Crippen LogP contribution in [0.25, 0.3) is 0 Å². The highest BCUT2D eigenvalue weighted by molar-refractivity contribution is 5.23. The molecule has 0 bridgehead atoms. The first kappa shape index (κ1) is 18.1. The second-order valence-corrected chi connectivity index (χ2v) is 5.02. The summed E-state index contributed by atoms with van der Waals surface area (Å²) in [5, 5.41) is 6.65. The SMILES string of the molecule is CC.CNCCc1ccc(CCNCC(C)C)cc1. The summed E-state index contributed by atoms with van der Waals surface area (Å²) >= 11 is 0. The van der Waals surface area contributed by atoms with Crippen LogP contribution in [0.1, 0.15) is 38.8 Å². The average molecular weight is 264 g/mol. The molecular weight excluding hydrogens is 232 g/mol. The molecule has 19 heavy (non-hydrogen) atoms. The van der Waals surface area contributed by atoms with Gasteiger partial charge in [-0.2, -0.15) is 0 Å². The molecule has 2 nitrogen and oxygen atoms in total. The molecule has 0 heterocycles. The van der Waals surface area contributed by atoms with Crippen LogP contribution in [-0.4, -0.2) is 26.7 Å². The fourth-order valence-electron chi connectivity index (χ4n) is 1.77. The summed E-state index contributed by atoms with van der Waals surface area (Å²) in [5.41, 5.74) is 2.84. The molecule has 0 unspecified atom stereocenters. The van der Waals surface area contributed by atoms with Crippen molar-refractivity contribution in [2.75, 3.05) is 26.7 Å². The molecule has 0 atom stereocenters. The third-order valence-corrected chi connectivity index (χ3v) is 2.83. The van der Waals surface area contributed by atoms with Gasteiger partial charge in [0, 0.05) is 0 Å². The lowest BCUT2D eigenvalue weighted by molar-refractivity contribution is 0.554. The molecule has 1 aromatic rings. The van der Waals surface area contributed by atoms with Crippen molar-refractivity contribution in [3.63, 3.8) is 0 Å². The Morgan fingerprint density at radius 1 is 0.895 bits per heavy atom. The molecule has 2 N–H and O–H groups in total. The number of hydrogen-bond donors (Lipinski definition) is 2. The first-order chi connectivity index (χ1) is 9.22. The first-order valence-corrected chi connectivity index (χ1v) is 7.65. The van der Waals surface area contributed by atoms with Crippen molar-refractivity contribution in [2.45, 2.75) is 40.5 Å². The van der Waals surface area contributed by atoms with E-state index in [-0.39, 0.29) is 0 Å². The van der Waals surface area contributed by atoms with Gasteiger partial charge in [-0.05, 0) is 56.6 Å². The molecule has 0 aromatic heterocycles. The first-order valence-electron chi connectivity index (χ1n) is 7.65. The van der Waals surface area contributed by atoms with Gasteiger partial charge in [0.05, 0.1) is 0 Å². The molecule has 0 spiro atoms. The van der Waals surface area contributed by atoms with E-state index in [4.69, 9.17) is 0 Å². The Morgan fingerprint density at radius 3 is 1.79 bits per heavy atom. The monoisotopic (exact) mass is 264 g/mol. The third-order valence-electron chi connectivity index (χ3n) is 2.83. The fraction of sp³-hybridized carbons (Fsp3) is 0.647. The zero-order valence-corrected chi connectivity index (χ0v) is 13.4. The van der Waals surface area contributed by atoms with Gasteiger partial charge in [-0.3, -0.25) is 0 Å². The van der Waals surface area contributed by atoms with E-state index in [1.807, 2.05) is 20.9 Å². The minimum Gasteiger partial charge on any atom is -0.319 e. The van der Waals surface area contributed by atoms with Crippen molar-refractivity contribution in [3.05, 3.63) is 35.4 Å². The van der Waals surface area contributed by atoms with Crippen LogP contribution in [0.3, 0.4) is 0 Å². The summed E-state index contributed by atoms with van der Waals surface area (Å²) in [4.78, 5) is 0. The van der Waals surface area contributed by atoms with Crippen LogP contribution in [0.4, 0.5) is 0 Å². The van der Waals surface area contributed by atoms with E-state index < -0.39 is 0 Å². The largest absolute Gasteiger partial charge is 0.319 e. The average Bonchev–Trinajstić information content (AvgIpc) is 2.44. The lowest BCUT2D eigenvalue weighted by Crippen LogP contribution is -2.22. The molecule has 0 amide bonds. The predicted octanol–water partition coefficient (Wildman–Crippen LogP) is 3.26. The normalized spacial score (nSPS) is 10.2. The summed E-state index contributed by atoms with van der Waals surface area (Å²) in [5.74, 6) is 0.735. The lowest BCUT2D eigenvalue weighted by atomic mass is 10.1. The molecule has 0 saturated carbocycles. The number of likely N-dealkylation sites (N-methyl/N-ethyl adjacent to an activating group) is 1. The molecule has 0 aliphatic heterocycles. The van der Waals surface area contributed by atoms with Gasteiger partial charge in [0.1, 0.15) is 0 Å². The Labute approximate surface area is 120 Å². The van der Waals surface area contributed by atoms with Crippen molar-refractivity contribution in [1.29, 1.82) is 0 Å². The lowest BCUT2D eigenvalue weighted by Gasteiger charge is -2.08. The molecule has 0 aliphatic rings. The van der Waals surface area contributed by atoms with E-state index in [1.54, 1.807) is 0 Å². The summed E-state index contributed by atoms with van der Waals surface area (Å²) in [6, 6.07) is 8.99. The maximum Gasteiger partial charge on any atom is -0.000824 e. The Bertz CT molecular complexity index is 291. The molecular formula is C17H32N2. The fourth-order valence-corrected chi connectivity index (χ4v) is 1.77.